The lowest BCUT2D eigenvalue weighted by atomic mass is 10.1. The molecule has 0 radical (unpaired) electrons. The van der Waals surface area contributed by atoms with Crippen LogP contribution in [0.1, 0.15) is 52.0 Å². The highest BCUT2D eigenvalue weighted by Crippen LogP contribution is 2.31. The zero-order chi connectivity index (χ0) is 21.7. The van der Waals surface area contributed by atoms with Crippen LogP contribution in [0.2, 0.25) is 0 Å². The molecule has 2 aromatic rings. The van der Waals surface area contributed by atoms with Crippen molar-refractivity contribution in [2.24, 2.45) is 0 Å². The lowest BCUT2D eigenvalue weighted by Crippen LogP contribution is -2.25. The molecule has 0 saturated carbocycles. The Bertz CT molecular complexity index is 965. The average molecular weight is 411 g/mol. The summed E-state index contributed by atoms with van der Waals surface area (Å²) in [7, 11) is 1.28. The Labute approximate surface area is 175 Å². The standard InChI is InChI=1S/C22H25N3O5/c1-15-7-8-17(22(27)30-2)13-18(15)23-21(26)16-9-10-19(20(14-16)25(28)29)24-11-5-3-4-6-12-24/h7-10,13-14H,3-6,11-12H2,1-2H3,(H,23,26). The van der Waals surface area contributed by atoms with E-state index >= 15 is 0 Å². The van der Waals surface area contributed by atoms with Gasteiger partial charge in [-0.25, -0.2) is 4.79 Å². The molecule has 1 fully saturated rings. The molecule has 0 atom stereocenters. The number of esters is 1. The highest BCUT2D eigenvalue weighted by atomic mass is 16.6. The van der Waals surface area contributed by atoms with Crippen molar-refractivity contribution in [2.75, 3.05) is 30.4 Å². The van der Waals surface area contributed by atoms with Gasteiger partial charge in [-0.3, -0.25) is 14.9 Å². The van der Waals surface area contributed by atoms with Gasteiger partial charge in [0.25, 0.3) is 11.6 Å². The lowest BCUT2D eigenvalue weighted by molar-refractivity contribution is -0.384. The fourth-order valence-electron chi connectivity index (χ4n) is 3.59. The average Bonchev–Trinajstić information content (AvgIpc) is 3.03. The van der Waals surface area contributed by atoms with Crippen molar-refractivity contribution in [3.8, 4) is 0 Å². The number of nitro groups is 1. The summed E-state index contributed by atoms with van der Waals surface area (Å²) in [5, 5.41) is 14.4. The summed E-state index contributed by atoms with van der Waals surface area (Å²) in [5.41, 5.74) is 2.16. The van der Waals surface area contributed by atoms with E-state index in [0.29, 0.717) is 16.9 Å². The second-order valence-electron chi connectivity index (χ2n) is 7.34. The van der Waals surface area contributed by atoms with Crippen molar-refractivity contribution in [2.45, 2.75) is 32.6 Å². The largest absolute Gasteiger partial charge is 0.465 e. The van der Waals surface area contributed by atoms with Gasteiger partial charge < -0.3 is 15.0 Å². The first kappa shape index (κ1) is 21.3. The molecule has 8 heteroatoms. The number of aryl methyl sites for hydroxylation is 1. The number of hydrogen-bond donors (Lipinski definition) is 1. The van der Waals surface area contributed by atoms with Crippen LogP contribution in [-0.4, -0.2) is 37.0 Å². The van der Waals surface area contributed by atoms with Crippen molar-refractivity contribution in [1.82, 2.24) is 0 Å². The third-order valence-corrected chi connectivity index (χ3v) is 5.29. The number of benzene rings is 2. The summed E-state index contributed by atoms with van der Waals surface area (Å²) >= 11 is 0. The molecule has 0 unspecified atom stereocenters. The monoisotopic (exact) mass is 411 g/mol. The summed E-state index contributed by atoms with van der Waals surface area (Å²) in [5.74, 6) is -0.992. The molecule has 0 bridgehead atoms. The normalized spacial score (nSPS) is 14.0. The minimum atomic E-state index is -0.511. The maximum atomic E-state index is 12.8. The number of nitrogens with one attached hydrogen (secondary N) is 1. The van der Waals surface area contributed by atoms with E-state index in [1.165, 1.54) is 19.2 Å². The third kappa shape index (κ3) is 4.76. The first-order chi connectivity index (χ1) is 14.4. The van der Waals surface area contributed by atoms with E-state index in [2.05, 4.69) is 5.32 Å². The molecular weight excluding hydrogens is 386 g/mol. The molecule has 8 nitrogen and oxygen atoms in total. The van der Waals surface area contributed by atoms with Gasteiger partial charge in [0.05, 0.1) is 17.6 Å². The van der Waals surface area contributed by atoms with E-state index in [0.717, 1.165) is 44.3 Å². The first-order valence-corrected chi connectivity index (χ1v) is 9.94. The van der Waals surface area contributed by atoms with E-state index in [4.69, 9.17) is 4.74 Å². The van der Waals surface area contributed by atoms with Crippen LogP contribution in [-0.2, 0) is 4.74 Å². The van der Waals surface area contributed by atoms with Crippen molar-refractivity contribution < 1.29 is 19.2 Å². The SMILES string of the molecule is COC(=O)c1ccc(C)c(NC(=O)c2ccc(N3CCCCCC3)c([N+](=O)[O-])c2)c1. The predicted molar refractivity (Wildman–Crippen MR) is 114 cm³/mol. The Hall–Kier alpha value is -3.42. The molecule has 0 aromatic heterocycles. The molecule has 1 aliphatic heterocycles. The minimum Gasteiger partial charge on any atom is -0.465 e. The number of ether oxygens (including phenoxy) is 1. The van der Waals surface area contributed by atoms with Gasteiger partial charge >= 0.3 is 5.97 Å². The van der Waals surface area contributed by atoms with E-state index < -0.39 is 16.8 Å². The Balaban J connectivity index is 1.87. The molecule has 158 valence electrons. The topological polar surface area (TPSA) is 102 Å². The van der Waals surface area contributed by atoms with Gasteiger partial charge in [0.15, 0.2) is 0 Å². The number of nitro benzene ring substituents is 1. The van der Waals surface area contributed by atoms with Gasteiger partial charge in [-0.2, -0.15) is 0 Å². The highest BCUT2D eigenvalue weighted by molar-refractivity contribution is 6.06. The molecule has 1 aliphatic rings. The summed E-state index contributed by atoms with van der Waals surface area (Å²) in [4.78, 5) is 37.8. The van der Waals surface area contributed by atoms with Crippen LogP contribution in [0.4, 0.5) is 17.1 Å². The Morgan fingerprint density at radius 3 is 2.33 bits per heavy atom. The number of anilines is 2. The Morgan fingerprint density at radius 2 is 1.70 bits per heavy atom. The van der Waals surface area contributed by atoms with Crippen LogP contribution in [0.5, 0.6) is 0 Å². The van der Waals surface area contributed by atoms with E-state index in [1.54, 1.807) is 31.2 Å². The van der Waals surface area contributed by atoms with Crippen LogP contribution in [0.25, 0.3) is 0 Å². The van der Waals surface area contributed by atoms with Crippen molar-refractivity contribution >= 4 is 28.9 Å². The van der Waals surface area contributed by atoms with Gasteiger partial charge in [-0.15, -0.1) is 0 Å². The van der Waals surface area contributed by atoms with Gasteiger partial charge in [0.1, 0.15) is 5.69 Å². The molecule has 0 aliphatic carbocycles. The van der Waals surface area contributed by atoms with Crippen molar-refractivity contribution in [1.29, 1.82) is 0 Å². The van der Waals surface area contributed by atoms with Crippen LogP contribution < -0.4 is 10.2 Å². The van der Waals surface area contributed by atoms with Crippen LogP contribution >= 0.6 is 0 Å². The summed E-state index contributed by atoms with van der Waals surface area (Å²) in [6.07, 6.45) is 4.23. The third-order valence-electron chi connectivity index (χ3n) is 5.29. The van der Waals surface area contributed by atoms with Gasteiger partial charge in [-0.05, 0) is 49.6 Å². The second kappa shape index (κ2) is 9.39. The number of amides is 1. The minimum absolute atomic E-state index is 0.0791. The number of methoxy groups -OCH3 is 1. The number of carbonyl (C=O) groups excluding carboxylic acids is 2. The van der Waals surface area contributed by atoms with E-state index in [9.17, 15) is 19.7 Å². The summed E-state index contributed by atoms with van der Waals surface area (Å²) in [6.45, 7) is 3.33. The number of rotatable bonds is 5. The zero-order valence-electron chi connectivity index (χ0n) is 17.1. The van der Waals surface area contributed by atoms with Gasteiger partial charge in [0, 0.05) is 30.4 Å². The summed E-state index contributed by atoms with van der Waals surface area (Å²) < 4.78 is 4.71. The molecule has 1 amide bonds. The molecule has 3 rings (SSSR count). The van der Waals surface area contributed by atoms with Crippen LogP contribution in [0.3, 0.4) is 0 Å². The first-order valence-electron chi connectivity index (χ1n) is 9.94. The van der Waals surface area contributed by atoms with Crippen LogP contribution in [0.15, 0.2) is 36.4 Å². The summed E-state index contributed by atoms with van der Waals surface area (Å²) in [6, 6.07) is 9.40. The molecule has 30 heavy (non-hydrogen) atoms. The number of carbonyl (C=O) groups is 2. The molecule has 1 saturated heterocycles. The second-order valence-corrected chi connectivity index (χ2v) is 7.34. The fraction of sp³-hybridized carbons (Fsp3) is 0.364. The van der Waals surface area contributed by atoms with E-state index in [-0.39, 0.29) is 11.3 Å². The molecular formula is C22H25N3O5. The van der Waals surface area contributed by atoms with Gasteiger partial charge in [-0.1, -0.05) is 18.9 Å². The predicted octanol–water partition coefficient (Wildman–Crippen LogP) is 4.32. The molecule has 1 N–H and O–H groups in total. The smallest absolute Gasteiger partial charge is 0.337 e. The van der Waals surface area contributed by atoms with Crippen LogP contribution in [0, 0.1) is 17.0 Å². The fourth-order valence-corrected chi connectivity index (χ4v) is 3.59. The van der Waals surface area contributed by atoms with E-state index in [1.807, 2.05) is 4.90 Å². The lowest BCUT2D eigenvalue weighted by Gasteiger charge is -2.22. The van der Waals surface area contributed by atoms with Crippen molar-refractivity contribution in [3.05, 3.63) is 63.2 Å². The molecule has 2 aromatic carbocycles. The van der Waals surface area contributed by atoms with Crippen molar-refractivity contribution in [3.63, 3.8) is 0 Å². The maximum absolute atomic E-state index is 12.8. The Kier molecular flexibility index (Phi) is 6.66. The maximum Gasteiger partial charge on any atom is 0.337 e. The number of nitrogens with zero attached hydrogens (tertiary/aromatic N) is 2. The Morgan fingerprint density at radius 1 is 1.03 bits per heavy atom. The zero-order valence-corrected chi connectivity index (χ0v) is 17.1. The molecule has 0 spiro atoms. The molecule has 1 heterocycles. The number of hydrogen-bond acceptors (Lipinski definition) is 6. The van der Waals surface area contributed by atoms with Gasteiger partial charge in [0.2, 0.25) is 0 Å². The quantitative estimate of drug-likeness (QED) is 0.447. The highest BCUT2D eigenvalue weighted by Gasteiger charge is 2.23.